The molecule has 0 aromatic heterocycles. The van der Waals surface area contributed by atoms with Crippen LogP contribution < -0.4 is 20.9 Å². The monoisotopic (exact) mass is 307 g/mol. The summed E-state index contributed by atoms with van der Waals surface area (Å²) in [5, 5.41) is 2.75. The summed E-state index contributed by atoms with van der Waals surface area (Å²) >= 11 is 0. The molecule has 1 heterocycles. The minimum atomic E-state index is -0.553. The molecule has 1 aromatic carbocycles. The number of benzene rings is 1. The third-order valence-electron chi connectivity index (χ3n) is 2.93. The molecule has 1 aliphatic heterocycles. The van der Waals surface area contributed by atoms with Gasteiger partial charge in [-0.25, -0.2) is 10.2 Å². The van der Waals surface area contributed by atoms with Gasteiger partial charge in [0.25, 0.3) is 5.91 Å². The summed E-state index contributed by atoms with van der Waals surface area (Å²) in [7, 11) is 0. The van der Waals surface area contributed by atoms with Gasteiger partial charge in [0, 0.05) is 6.04 Å². The molecule has 0 fully saturated rings. The van der Waals surface area contributed by atoms with Gasteiger partial charge in [-0.3, -0.25) is 10.2 Å². The van der Waals surface area contributed by atoms with Crippen molar-refractivity contribution in [3.63, 3.8) is 0 Å². The van der Waals surface area contributed by atoms with Gasteiger partial charge < -0.3 is 14.8 Å². The van der Waals surface area contributed by atoms with Crippen LogP contribution in [0.1, 0.15) is 39.3 Å². The molecule has 7 nitrogen and oxygen atoms in total. The van der Waals surface area contributed by atoms with Crippen LogP contribution in [0.2, 0.25) is 0 Å². The molecule has 120 valence electrons. The first-order valence-corrected chi connectivity index (χ1v) is 7.06. The summed E-state index contributed by atoms with van der Waals surface area (Å²) in [6.07, 6.45) is -0.547. The summed E-state index contributed by atoms with van der Waals surface area (Å²) in [6, 6.07) is 5.29. The highest BCUT2D eigenvalue weighted by atomic mass is 16.6. The summed E-state index contributed by atoms with van der Waals surface area (Å²) < 4.78 is 10.4. The van der Waals surface area contributed by atoms with Gasteiger partial charge in [0.05, 0.1) is 5.69 Å². The lowest BCUT2D eigenvalue weighted by Crippen LogP contribution is -2.42. The van der Waals surface area contributed by atoms with Crippen molar-refractivity contribution in [2.75, 3.05) is 11.9 Å². The van der Waals surface area contributed by atoms with Crippen molar-refractivity contribution in [1.82, 2.24) is 10.9 Å². The molecule has 0 bridgehead atoms. The van der Waals surface area contributed by atoms with E-state index in [0.717, 1.165) is 5.56 Å². The van der Waals surface area contributed by atoms with Crippen LogP contribution in [0.4, 0.5) is 10.5 Å². The average Bonchev–Trinajstić information content (AvgIpc) is 2.42. The lowest BCUT2D eigenvalue weighted by Gasteiger charge is -2.23. The van der Waals surface area contributed by atoms with Crippen molar-refractivity contribution in [1.29, 1.82) is 0 Å². The van der Waals surface area contributed by atoms with E-state index < -0.39 is 11.7 Å². The van der Waals surface area contributed by atoms with E-state index >= 15 is 0 Å². The Hall–Kier alpha value is -2.28. The van der Waals surface area contributed by atoms with Crippen LogP contribution in [0.5, 0.6) is 5.75 Å². The van der Waals surface area contributed by atoms with Crippen LogP contribution in [-0.4, -0.2) is 24.2 Å². The molecule has 2 amide bonds. The summed E-state index contributed by atoms with van der Waals surface area (Å²) in [5.74, 6) is 0.452. The van der Waals surface area contributed by atoms with E-state index in [2.05, 4.69) is 16.2 Å². The van der Waals surface area contributed by atoms with Gasteiger partial charge >= 0.3 is 6.09 Å². The summed E-state index contributed by atoms with van der Waals surface area (Å²) in [6.45, 7) is 7.29. The van der Waals surface area contributed by atoms with Gasteiger partial charge in [-0.2, -0.15) is 0 Å². The number of amides is 2. The van der Waals surface area contributed by atoms with Gasteiger partial charge in [-0.05, 0) is 45.4 Å². The lowest BCUT2D eigenvalue weighted by molar-refractivity contribution is -0.118. The molecule has 1 unspecified atom stereocenters. The van der Waals surface area contributed by atoms with E-state index in [1.54, 1.807) is 32.9 Å². The number of hydrazine groups is 1. The van der Waals surface area contributed by atoms with Crippen LogP contribution in [0.25, 0.3) is 0 Å². The predicted molar refractivity (Wildman–Crippen MR) is 81.5 cm³/mol. The van der Waals surface area contributed by atoms with E-state index in [4.69, 9.17) is 9.47 Å². The van der Waals surface area contributed by atoms with E-state index in [9.17, 15) is 9.59 Å². The standard InChI is InChI=1S/C15H21N3O4/c1-9(17-18-14(20)22-15(2,3)4)10-5-6-12-11(7-10)16-13(19)8-21-12/h5-7,9,17H,8H2,1-4H3,(H,16,19)(H,18,20). The highest BCUT2D eigenvalue weighted by Gasteiger charge is 2.19. The minimum Gasteiger partial charge on any atom is -0.482 e. The smallest absolute Gasteiger partial charge is 0.422 e. The number of hydrogen-bond acceptors (Lipinski definition) is 5. The minimum absolute atomic E-state index is 0.0281. The lowest BCUT2D eigenvalue weighted by atomic mass is 10.1. The van der Waals surface area contributed by atoms with Crippen molar-refractivity contribution >= 4 is 17.7 Å². The molecule has 2 rings (SSSR count). The van der Waals surface area contributed by atoms with Crippen molar-refractivity contribution in [3.05, 3.63) is 23.8 Å². The average molecular weight is 307 g/mol. The number of rotatable bonds is 3. The van der Waals surface area contributed by atoms with Crippen molar-refractivity contribution in [2.45, 2.75) is 39.3 Å². The van der Waals surface area contributed by atoms with Crippen LogP contribution in [0.15, 0.2) is 18.2 Å². The molecule has 3 N–H and O–H groups in total. The topological polar surface area (TPSA) is 88.7 Å². The van der Waals surface area contributed by atoms with Crippen molar-refractivity contribution in [3.8, 4) is 5.75 Å². The number of anilines is 1. The second-order valence-corrected chi connectivity index (χ2v) is 6.09. The molecule has 0 saturated heterocycles. The van der Waals surface area contributed by atoms with Gasteiger partial charge in [0.2, 0.25) is 0 Å². The second kappa shape index (κ2) is 6.23. The number of ether oxygens (including phenoxy) is 2. The highest BCUT2D eigenvalue weighted by molar-refractivity contribution is 5.95. The molecule has 0 aliphatic carbocycles. The Morgan fingerprint density at radius 3 is 2.82 bits per heavy atom. The first-order valence-electron chi connectivity index (χ1n) is 7.06. The fourth-order valence-electron chi connectivity index (χ4n) is 1.92. The van der Waals surface area contributed by atoms with Crippen LogP contribution >= 0.6 is 0 Å². The molecule has 1 atom stereocenters. The zero-order valence-electron chi connectivity index (χ0n) is 13.1. The number of hydrogen-bond donors (Lipinski definition) is 3. The number of carbonyl (C=O) groups excluding carboxylic acids is 2. The van der Waals surface area contributed by atoms with E-state index in [1.807, 2.05) is 13.0 Å². The SMILES string of the molecule is CC(NNC(=O)OC(C)(C)C)c1ccc2c(c1)NC(=O)CO2. The van der Waals surface area contributed by atoms with Gasteiger partial charge in [0.1, 0.15) is 11.4 Å². The predicted octanol–water partition coefficient (Wildman–Crippen LogP) is 2.11. The first kappa shape index (κ1) is 16.1. The Labute approximate surface area is 129 Å². The zero-order valence-corrected chi connectivity index (χ0v) is 13.1. The largest absolute Gasteiger partial charge is 0.482 e. The third-order valence-corrected chi connectivity index (χ3v) is 2.93. The molecular weight excluding hydrogens is 286 g/mol. The van der Waals surface area contributed by atoms with Gasteiger partial charge in [0.15, 0.2) is 6.61 Å². The second-order valence-electron chi connectivity index (χ2n) is 6.09. The summed E-state index contributed by atoms with van der Waals surface area (Å²) in [5.41, 5.74) is 6.32. The van der Waals surface area contributed by atoms with E-state index in [-0.39, 0.29) is 18.6 Å². The highest BCUT2D eigenvalue weighted by Crippen LogP contribution is 2.30. The van der Waals surface area contributed by atoms with E-state index in [1.165, 1.54) is 0 Å². The fourth-order valence-corrected chi connectivity index (χ4v) is 1.92. The van der Waals surface area contributed by atoms with Crippen molar-refractivity contribution < 1.29 is 19.1 Å². The maximum absolute atomic E-state index is 11.6. The third kappa shape index (κ3) is 4.36. The van der Waals surface area contributed by atoms with Crippen LogP contribution in [-0.2, 0) is 9.53 Å². The Morgan fingerprint density at radius 2 is 2.14 bits per heavy atom. The van der Waals surface area contributed by atoms with Crippen LogP contribution in [0.3, 0.4) is 0 Å². The van der Waals surface area contributed by atoms with Gasteiger partial charge in [-0.15, -0.1) is 0 Å². The molecule has 7 heteroatoms. The molecule has 22 heavy (non-hydrogen) atoms. The molecule has 1 aliphatic rings. The molecule has 0 spiro atoms. The number of fused-ring (bicyclic) bond motifs is 1. The Bertz CT molecular complexity index is 581. The van der Waals surface area contributed by atoms with Crippen LogP contribution in [0, 0.1) is 0 Å². The zero-order chi connectivity index (χ0) is 16.3. The molecule has 1 aromatic rings. The number of nitrogens with one attached hydrogen (secondary N) is 3. The quantitative estimate of drug-likeness (QED) is 0.744. The molecule has 0 radical (unpaired) electrons. The van der Waals surface area contributed by atoms with E-state index in [0.29, 0.717) is 11.4 Å². The Kier molecular flexibility index (Phi) is 4.56. The first-order chi connectivity index (χ1) is 10.2. The van der Waals surface area contributed by atoms with Gasteiger partial charge in [-0.1, -0.05) is 6.07 Å². The normalized spacial score (nSPS) is 15.2. The fraction of sp³-hybridized carbons (Fsp3) is 0.467. The molecular formula is C15H21N3O4. The summed E-state index contributed by atoms with van der Waals surface area (Å²) in [4.78, 5) is 22.9. The molecule has 0 saturated carbocycles. The Morgan fingerprint density at radius 1 is 1.41 bits per heavy atom. The number of carbonyl (C=O) groups is 2. The maximum atomic E-state index is 11.6. The van der Waals surface area contributed by atoms with Crippen molar-refractivity contribution in [2.24, 2.45) is 0 Å². The maximum Gasteiger partial charge on any atom is 0.422 e. The Balaban J connectivity index is 1.95.